The van der Waals surface area contributed by atoms with E-state index in [2.05, 4.69) is 169 Å². The highest BCUT2D eigenvalue weighted by molar-refractivity contribution is 9.10. The van der Waals surface area contributed by atoms with E-state index in [1.807, 2.05) is 12.1 Å². The molecule has 52 heavy (non-hydrogen) atoms. The summed E-state index contributed by atoms with van der Waals surface area (Å²) in [5.74, 6) is 3.34. The molecule has 0 atom stereocenters. The summed E-state index contributed by atoms with van der Waals surface area (Å²) < 4.78 is 1.17. The topological polar surface area (TPSA) is 26.0 Å². The Morgan fingerprint density at radius 3 is 1.13 bits per heavy atom. The maximum atomic E-state index is 5.60. The first-order valence-corrected chi connectivity index (χ1v) is 21.3. The number of anilines is 1. The summed E-state index contributed by atoms with van der Waals surface area (Å²) in [6, 6.07) is 36.5. The fourth-order valence-corrected chi connectivity index (χ4v) is 6.02. The Bertz CT molecular complexity index is 1300. The smallest absolute Gasteiger partial charge is 0.0314 e. The number of aryl methyl sites for hydroxylation is 5. The Labute approximate surface area is 330 Å². The first-order chi connectivity index (χ1) is 24.8. The molecule has 0 unspecified atom stereocenters. The van der Waals surface area contributed by atoms with E-state index in [4.69, 9.17) is 5.73 Å². The number of rotatable bonds is 17. The van der Waals surface area contributed by atoms with Crippen molar-refractivity contribution in [2.75, 3.05) is 5.73 Å². The number of unbranched alkanes of at least 4 members (excludes halogenated alkanes) is 1. The zero-order valence-electron chi connectivity index (χ0n) is 34.8. The fourth-order valence-electron chi connectivity index (χ4n) is 5.76. The van der Waals surface area contributed by atoms with Gasteiger partial charge in [-0.1, -0.05) is 188 Å². The Hall–Kier alpha value is -2.84. The molecule has 0 aromatic heterocycles. The number of nitrogens with two attached hydrogens (primary N) is 1. The Morgan fingerprint density at radius 1 is 0.404 bits per heavy atom. The van der Waals surface area contributed by atoms with Gasteiger partial charge in [-0.15, -0.1) is 0 Å². The molecule has 0 radical (unpaired) electrons. The van der Waals surface area contributed by atoms with Crippen molar-refractivity contribution in [1.29, 1.82) is 0 Å². The van der Waals surface area contributed by atoms with Crippen molar-refractivity contribution in [2.45, 2.75) is 146 Å². The zero-order valence-corrected chi connectivity index (χ0v) is 36.4. The molecule has 1 nitrogen and oxygen atoms in total. The largest absolute Gasteiger partial charge is 0.399 e. The summed E-state index contributed by atoms with van der Waals surface area (Å²) in [5, 5.41) is 0. The Kier molecular flexibility index (Phi) is 26.9. The molecule has 4 rings (SSSR count). The molecule has 4 aromatic rings. The van der Waals surface area contributed by atoms with Gasteiger partial charge in [0.15, 0.2) is 0 Å². The predicted octanol–water partition coefficient (Wildman–Crippen LogP) is 15.7. The number of hydrogen-bond acceptors (Lipinski definition) is 1. The maximum Gasteiger partial charge on any atom is 0.0314 e. The van der Waals surface area contributed by atoms with E-state index >= 15 is 0 Å². The standard InChI is InChI=1S/C14H22.C12H17Br.C12H19N.C12H18/c1-12(2)6-4-5-7-14-10-8-13(3)9-11-14;2*1-10(2)4-3-5-11-6-8-12(13)9-7-11;1-11(2)7-6-10-12-8-4-3-5-9-12/h8-12H,4-7H2,1-3H3;6-10H,3-5H2,1-2H3;6-10H,3-5,13H2,1-2H3;3-5,8-9,11H,6-7,10H2,1-2H3. The molecule has 4 aromatic carbocycles. The second kappa shape index (κ2) is 29.6. The van der Waals surface area contributed by atoms with Gasteiger partial charge in [0.2, 0.25) is 0 Å². The third-order valence-electron chi connectivity index (χ3n) is 9.09. The average Bonchev–Trinajstić information content (AvgIpc) is 3.10. The number of halogens is 1. The maximum absolute atomic E-state index is 5.60. The molecule has 0 heterocycles. The van der Waals surface area contributed by atoms with E-state index in [-0.39, 0.29) is 0 Å². The summed E-state index contributed by atoms with van der Waals surface area (Å²) in [4.78, 5) is 0. The van der Waals surface area contributed by atoms with Crippen LogP contribution in [0, 0.1) is 30.6 Å². The van der Waals surface area contributed by atoms with Crippen molar-refractivity contribution < 1.29 is 0 Å². The minimum atomic E-state index is 0.814. The van der Waals surface area contributed by atoms with Gasteiger partial charge in [-0.3, -0.25) is 0 Å². The van der Waals surface area contributed by atoms with Crippen LogP contribution in [0.5, 0.6) is 0 Å². The monoisotopic (exact) mass is 770 g/mol. The lowest BCUT2D eigenvalue weighted by atomic mass is 10.0. The van der Waals surface area contributed by atoms with Gasteiger partial charge in [0.25, 0.3) is 0 Å². The Balaban J connectivity index is 0.000000347. The van der Waals surface area contributed by atoms with Crippen LogP contribution in [0.25, 0.3) is 0 Å². The van der Waals surface area contributed by atoms with Gasteiger partial charge in [0.1, 0.15) is 0 Å². The normalized spacial score (nSPS) is 10.7. The zero-order chi connectivity index (χ0) is 38.6. The molecule has 0 saturated carbocycles. The summed E-state index contributed by atoms with van der Waals surface area (Å²) in [5.41, 5.74) is 13.6. The van der Waals surface area contributed by atoms with Crippen LogP contribution in [-0.2, 0) is 25.7 Å². The fraction of sp³-hybridized carbons (Fsp3) is 0.520. The molecule has 0 saturated heterocycles. The van der Waals surface area contributed by atoms with Gasteiger partial charge in [-0.05, 0) is 128 Å². The SMILES string of the molecule is CC(C)CCCc1ccc(Br)cc1.CC(C)CCCc1ccc(N)cc1.CC(C)CCCc1ccccc1.Cc1ccc(CCCCC(C)C)cc1. The quantitative estimate of drug-likeness (QED) is 0.0840. The average molecular weight is 771 g/mol. The van der Waals surface area contributed by atoms with E-state index < -0.39 is 0 Å². The van der Waals surface area contributed by atoms with Crippen LogP contribution in [0.4, 0.5) is 5.69 Å². The van der Waals surface area contributed by atoms with Crippen molar-refractivity contribution in [1.82, 2.24) is 0 Å². The number of hydrogen-bond donors (Lipinski definition) is 1. The van der Waals surface area contributed by atoms with E-state index in [0.717, 1.165) is 29.4 Å². The summed E-state index contributed by atoms with van der Waals surface area (Å²) >= 11 is 3.44. The van der Waals surface area contributed by atoms with Crippen molar-refractivity contribution in [3.8, 4) is 0 Å². The second-order valence-electron chi connectivity index (χ2n) is 16.3. The third kappa shape index (κ3) is 27.8. The van der Waals surface area contributed by atoms with Crippen LogP contribution in [0.15, 0.2) is 108 Å². The van der Waals surface area contributed by atoms with Gasteiger partial charge in [0, 0.05) is 10.2 Å². The Morgan fingerprint density at radius 2 is 0.731 bits per heavy atom. The van der Waals surface area contributed by atoms with Gasteiger partial charge in [-0.25, -0.2) is 0 Å². The van der Waals surface area contributed by atoms with Gasteiger partial charge in [0.05, 0.1) is 0 Å². The molecule has 0 spiro atoms. The minimum Gasteiger partial charge on any atom is -0.399 e. The molecule has 0 fully saturated rings. The number of nitrogen functional groups attached to an aromatic ring is 1. The minimum absolute atomic E-state index is 0.814. The van der Waals surface area contributed by atoms with Crippen molar-refractivity contribution in [2.24, 2.45) is 23.7 Å². The molecule has 288 valence electrons. The molecule has 0 aliphatic heterocycles. The van der Waals surface area contributed by atoms with Crippen LogP contribution in [0.3, 0.4) is 0 Å². The van der Waals surface area contributed by atoms with Crippen molar-refractivity contribution in [3.63, 3.8) is 0 Å². The molecule has 2 N–H and O–H groups in total. The first-order valence-electron chi connectivity index (χ1n) is 20.5. The summed E-state index contributed by atoms with van der Waals surface area (Å²) in [7, 11) is 0. The van der Waals surface area contributed by atoms with Crippen LogP contribution in [0.1, 0.15) is 141 Å². The van der Waals surface area contributed by atoms with Crippen LogP contribution in [0.2, 0.25) is 0 Å². The lowest BCUT2D eigenvalue weighted by molar-refractivity contribution is 0.538. The number of benzene rings is 4. The van der Waals surface area contributed by atoms with Crippen LogP contribution < -0.4 is 5.73 Å². The van der Waals surface area contributed by atoms with Crippen LogP contribution in [-0.4, -0.2) is 0 Å². The lowest BCUT2D eigenvalue weighted by Crippen LogP contribution is -1.91. The van der Waals surface area contributed by atoms with E-state index in [1.165, 1.54) is 116 Å². The van der Waals surface area contributed by atoms with E-state index in [9.17, 15) is 0 Å². The molecule has 0 aliphatic rings. The first kappa shape index (κ1) is 47.2. The highest BCUT2D eigenvalue weighted by atomic mass is 79.9. The second-order valence-corrected chi connectivity index (χ2v) is 17.3. The van der Waals surface area contributed by atoms with Gasteiger partial charge < -0.3 is 5.73 Å². The third-order valence-corrected chi connectivity index (χ3v) is 9.62. The van der Waals surface area contributed by atoms with Gasteiger partial charge >= 0.3 is 0 Å². The van der Waals surface area contributed by atoms with Crippen molar-refractivity contribution >= 4 is 21.6 Å². The molecule has 2 heteroatoms. The van der Waals surface area contributed by atoms with E-state index in [0.29, 0.717) is 0 Å². The predicted molar refractivity (Wildman–Crippen MR) is 238 cm³/mol. The molecule has 0 aliphatic carbocycles. The summed E-state index contributed by atoms with van der Waals surface area (Å²) in [6.45, 7) is 20.4. The molecular formula is C50H76BrN. The van der Waals surface area contributed by atoms with Crippen LogP contribution >= 0.6 is 15.9 Å². The molecule has 0 amide bonds. The highest BCUT2D eigenvalue weighted by Crippen LogP contribution is 2.15. The molecular weight excluding hydrogens is 694 g/mol. The lowest BCUT2D eigenvalue weighted by Gasteiger charge is -2.04. The highest BCUT2D eigenvalue weighted by Gasteiger charge is 1.99. The molecule has 0 bridgehead atoms. The van der Waals surface area contributed by atoms with Gasteiger partial charge in [-0.2, -0.15) is 0 Å². The van der Waals surface area contributed by atoms with Crippen molar-refractivity contribution in [3.05, 3.63) is 135 Å². The van der Waals surface area contributed by atoms with E-state index in [1.54, 1.807) is 0 Å². The summed E-state index contributed by atoms with van der Waals surface area (Å²) in [6.07, 6.45) is 16.8.